The van der Waals surface area contributed by atoms with E-state index in [4.69, 9.17) is 9.26 Å². The van der Waals surface area contributed by atoms with Gasteiger partial charge < -0.3 is 19.9 Å². The van der Waals surface area contributed by atoms with Gasteiger partial charge in [0, 0.05) is 30.0 Å². The molecule has 7 nitrogen and oxygen atoms in total. The maximum absolute atomic E-state index is 5.47. The predicted molar refractivity (Wildman–Crippen MR) is 120 cm³/mol. The first-order valence-corrected chi connectivity index (χ1v) is 9.84. The fraction of sp³-hybridized carbons (Fsp3) is 0.611. The number of rotatable bonds is 9. The third-order valence-electron chi connectivity index (χ3n) is 3.87. The minimum atomic E-state index is -0.181. The van der Waals surface area contributed by atoms with Crippen LogP contribution >= 0.6 is 35.3 Å². The fourth-order valence-electron chi connectivity index (χ4n) is 2.37. The maximum atomic E-state index is 5.47. The van der Waals surface area contributed by atoms with Gasteiger partial charge in [0.25, 0.3) is 0 Å². The lowest BCUT2D eigenvalue weighted by Crippen LogP contribution is -2.43. The lowest BCUT2D eigenvalue weighted by molar-refractivity contribution is 0.0683. The van der Waals surface area contributed by atoms with Gasteiger partial charge in [-0.3, -0.25) is 0 Å². The summed E-state index contributed by atoms with van der Waals surface area (Å²) in [5.74, 6) is 1.75. The van der Waals surface area contributed by atoms with Crippen LogP contribution in [0.2, 0.25) is 0 Å². The number of guanidine groups is 1. The van der Waals surface area contributed by atoms with Crippen molar-refractivity contribution in [2.24, 2.45) is 4.99 Å². The molecule has 0 aliphatic carbocycles. The SMILES string of the molecule is CCNC(=NCc1nc(C(C)OCC)no1)NCC(C)(C)c1cccs1.I. The van der Waals surface area contributed by atoms with Crippen molar-refractivity contribution < 1.29 is 9.26 Å². The van der Waals surface area contributed by atoms with Crippen molar-refractivity contribution in [3.8, 4) is 0 Å². The molecule has 27 heavy (non-hydrogen) atoms. The van der Waals surface area contributed by atoms with Crippen LogP contribution in [-0.4, -0.2) is 35.8 Å². The van der Waals surface area contributed by atoms with E-state index in [0.29, 0.717) is 24.9 Å². The molecule has 0 saturated carbocycles. The highest BCUT2D eigenvalue weighted by Crippen LogP contribution is 2.26. The molecule has 152 valence electrons. The van der Waals surface area contributed by atoms with E-state index in [9.17, 15) is 0 Å². The zero-order valence-corrected chi connectivity index (χ0v) is 19.8. The van der Waals surface area contributed by atoms with E-state index in [1.807, 2.05) is 20.8 Å². The summed E-state index contributed by atoms with van der Waals surface area (Å²) < 4.78 is 10.7. The van der Waals surface area contributed by atoms with Crippen molar-refractivity contribution in [1.29, 1.82) is 0 Å². The van der Waals surface area contributed by atoms with Gasteiger partial charge in [-0.1, -0.05) is 25.1 Å². The molecule has 2 rings (SSSR count). The minimum Gasteiger partial charge on any atom is -0.371 e. The van der Waals surface area contributed by atoms with Crippen molar-refractivity contribution in [1.82, 2.24) is 20.8 Å². The average molecular weight is 507 g/mol. The second-order valence-electron chi connectivity index (χ2n) is 6.55. The van der Waals surface area contributed by atoms with Crippen LogP contribution in [0.1, 0.15) is 57.3 Å². The Morgan fingerprint density at radius 1 is 1.37 bits per heavy atom. The molecule has 2 aromatic rings. The summed E-state index contributed by atoms with van der Waals surface area (Å²) in [4.78, 5) is 10.2. The number of thiophene rings is 1. The molecule has 0 spiro atoms. The number of nitrogens with one attached hydrogen (secondary N) is 2. The van der Waals surface area contributed by atoms with Gasteiger partial charge in [0.1, 0.15) is 12.6 Å². The first-order valence-electron chi connectivity index (χ1n) is 8.96. The lowest BCUT2D eigenvalue weighted by atomic mass is 9.91. The second kappa shape index (κ2) is 11.6. The Morgan fingerprint density at radius 3 is 2.78 bits per heavy atom. The Hall–Kier alpha value is -1.20. The van der Waals surface area contributed by atoms with Crippen LogP contribution in [0.5, 0.6) is 0 Å². The van der Waals surface area contributed by atoms with E-state index < -0.39 is 0 Å². The molecular weight excluding hydrogens is 477 g/mol. The number of hydrogen-bond acceptors (Lipinski definition) is 6. The largest absolute Gasteiger partial charge is 0.371 e. The molecule has 0 aliphatic heterocycles. The molecule has 0 saturated heterocycles. The molecule has 9 heteroatoms. The van der Waals surface area contributed by atoms with Gasteiger partial charge in [-0.15, -0.1) is 35.3 Å². The Labute approximate surface area is 182 Å². The highest BCUT2D eigenvalue weighted by atomic mass is 127. The normalized spacial score (nSPS) is 13.1. The van der Waals surface area contributed by atoms with E-state index in [1.54, 1.807) is 11.3 Å². The Kier molecular flexibility index (Phi) is 10.2. The van der Waals surface area contributed by atoms with Crippen molar-refractivity contribution >= 4 is 41.3 Å². The number of aliphatic imine (C=N–C) groups is 1. The van der Waals surface area contributed by atoms with E-state index in [2.05, 4.69) is 57.1 Å². The molecule has 0 fully saturated rings. The van der Waals surface area contributed by atoms with Crippen molar-refractivity contribution in [3.63, 3.8) is 0 Å². The van der Waals surface area contributed by atoms with Crippen LogP contribution in [0.25, 0.3) is 0 Å². The van der Waals surface area contributed by atoms with Gasteiger partial charge in [-0.25, -0.2) is 4.99 Å². The van der Waals surface area contributed by atoms with Crippen LogP contribution in [0.4, 0.5) is 0 Å². The van der Waals surface area contributed by atoms with Crippen molar-refractivity contribution in [2.75, 3.05) is 19.7 Å². The fourth-order valence-corrected chi connectivity index (χ4v) is 3.22. The van der Waals surface area contributed by atoms with Gasteiger partial charge in [0.15, 0.2) is 11.8 Å². The summed E-state index contributed by atoms with van der Waals surface area (Å²) in [6.07, 6.45) is -0.181. The molecule has 1 atom stereocenters. The van der Waals surface area contributed by atoms with Gasteiger partial charge in [0.05, 0.1) is 0 Å². The quantitative estimate of drug-likeness (QED) is 0.305. The molecule has 0 amide bonds. The topological polar surface area (TPSA) is 84.6 Å². The van der Waals surface area contributed by atoms with E-state index in [0.717, 1.165) is 19.0 Å². The summed E-state index contributed by atoms with van der Waals surface area (Å²) in [5.41, 5.74) is 0.0228. The Bertz CT molecular complexity index is 688. The molecule has 0 aliphatic rings. The van der Waals surface area contributed by atoms with Crippen LogP contribution in [0.15, 0.2) is 27.0 Å². The minimum absolute atomic E-state index is 0. The monoisotopic (exact) mass is 507 g/mol. The van der Waals surface area contributed by atoms with E-state index in [-0.39, 0.29) is 35.5 Å². The zero-order chi connectivity index (χ0) is 19.0. The molecule has 0 aromatic carbocycles. The second-order valence-corrected chi connectivity index (χ2v) is 7.50. The number of ether oxygens (including phenoxy) is 1. The van der Waals surface area contributed by atoms with Gasteiger partial charge in [-0.05, 0) is 32.2 Å². The van der Waals surface area contributed by atoms with E-state index >= 15 is 0 Å². The van der Waals surface area contributed by atoms with E-state index in [1.165, 1.54) is 4.88 Å². The highest BCUT2D eigenvalue weighted by molar-refractivity contribution is 14.0. The molecule has 2 heterocycles. The summed E-state index contributed by atoms with van der Waals surface area (Å²) >= 11 is 1.77. The third-order valence-corrected chi connectivity index (χ3v) is 5.10. The first-order chi connectivity index (χ1) is 12.5. The molecular formula is C18H30IN5O2S. The average Bonchev–Trinajstić information content (AvgIpc) is 3.29. The smallest absolute Gasteiger partial charge is 0.248 e. The van der Waals surface area contributed by atoms with Crippen molar-refractivity contribution in [3.05, 3.63) is 34.1 Å². The zero-order valence-electron chi connectivity index (χ0n) is 16.6. The Balaban J connectivity index is 0.00000364. The van der Waals surface area contributed by atoms with Crippen LogP contribution in [0, 0.1) is 0 Å². The summed E-state index contributed by atoms with van der Waals surface area (Å²) in [7, 11) is 0. The van der Waals surface area contributed by atoms with Gasteiger partial charge in [-0.2, -0.15) is 4.98 Å². The van der Waals surface area contributed by atoms with Crippen LogP contribution in [-0.2, 0) is 16.7 Å². The summed E-state index contributed by atoms with van der Waals surface area (Å²) in [6.45, 7) is 12.8. The standard InChI is InChI=1S/C18H29N5O2S.HI/c1-6-19-17(21-12-18(4,5)14-9-8-10-26-14)20-11-15-22-16(23-25-15)13(3)24-7-2;/h8-10,13H,6-7,11-12H2,1-5H3,(H2,19,20,21);1H. The first kappa shape index (κ1) is 23.8. The highest BCUT2D eigenvalue weighted by Gasteiger charge is 2.22. The van der Waals surface area contributed by atoms with Gasteiger partial charge >= 0.3 is 0 Å². The predicted octanol–water partition coefficient (Wildman–Crippen LogP) is 3.88. The number of hydrogen-bond donors (Lipinski definition) is 2. The molecule has 2 aromatic heterocycles. The molecule has 0 bridgehead atoms. The molecule has 1 unspecified atom stereocenters. The molecule has 2 N–H and O–H groups in total. The van der Waals surface area contributed by atoms with Gasteiger partial charge in [0.2, 0.25) is 5.89 Å². The number of halogens is 1. The van der Waals surface area contributed by atoms with Crippen LogP contribution < -0.4 is 10.6 Å². The molecule has 0 radical (unpaired) electrons. The third kappa shape index (κ3) is 7.38. The summed E-state index contributed by atoms with van der Waals surface area (Å²) in [6, 6.07) is 4.24. The number of nitrogens with zero attached hydrogens (tertiary/aromatic N) is 3. The number of aromatic nitrogens is 2. The lowest BCUT2D eigenvalue weighted by Gasteiger charge is -2.25. The van der Waals surface area contributed by atoms with Crippen molar-refractivity contribution in [2.45, 2.75) is 52.7 Å². The summed E-state index contributed by atoms with van der Waals surface area (Å²) in [5, 5.41) is 12.7. The van der Waals surface area contributed by atoms with Crippen LogP contribution in [0.3, 0.4) is 0 Å². The maximum Gasteiger partial charge on any atom is 0.248 e. The Morgan fingerprint density at radius 2 is 2.15 bits per heavy atom.